The average Bonchev–Trinajstić information content (AvgIpc) is 2.25. The molecule has 3 nitrogen and oxygen atoms in total. The van der Waals surface area contributed by atoms with Crippen molar-refractivity contribution in [3.8, 4) is 0 Å². The summed E-state index contributed by atoms with van der Waals surface area (Å²) < 4.78 is 5.64. The van der Waals surface area contributed by atoms with Crippen molar-refractivity contribution in [1.82, 2.24) is 9.80 Å². The average molecular weight is 235 g/mol. The lowest BCUT2D eigenvalue weighted by Crippen LogP contribution is -2.40. The normalized spacial score (nSPS) is 20.0. The summed E-state index contributed by atoms with van der Waals surface area (Å²) in [5.41, 5.74) is 0. The van der Waals surface area contributed by atoms with Gasteiger partial charge in [-0.2, -0.15) is 0 Å². The van der Waals surface area contributed by atoms with E-state index >= 15 is 0 Å². The first-order valence-electron chi connectivity index (χ1n) is 5.77. The summed E-state index contributed by atoms with van der Waals surface area (Å²) >= 11 is 5.59. The van der Waals surface area contributed by atoms with Crippen LogP contribution in [0.3, 0.4) is 0 Å². The Morgan fingerprint density at radius 3 is 2.53 bits per heavy atom. The molecule has 1 saturated heterocycles. The van der Waals surface area contributed by atoms with Crippen LogP contribution in [0.25, 0.3) is 0 Å². The highest BCUT2D eigenvalue weighted by Gasteiger charge is 2.18. The zero-order valence-electron chi connectivity index (χ0n) is 9.91. The predicted octanol–water partition coefficient (Wildman–Crippen LogP) is 1.27. The van der Waals surface area contributed by atoms with Gasteiger partial charge in [0.15, 0.2) is 0 Å². The molecule has 0 radical (unpaired) electrons. The fourth-order valence-corrected chi connectivity index (χ4v) is 1.94. The number of halogens is 1. The van der Waals surface area contributed by atoms with Crippen LogP contribution >= 0.6 is 11.6 Å². The van der Waals surface area contributed by atoms with E-state index in [-0.39, 0.29) is 0 Å². The van der Waals surface area contributed by atoms with Crippen molar-refractivity contribution in [1.29, 1.82) is 0 Å². The maximum atomic E-state index is 5.64. The molecule has 90 valence electrons. The molecular formula is C11H23ClN2O. The van der Waals surface area contributed by atoms with E-state index < -0.39 is 0 Å². The number of ether oxygens (including phenoxy) is 1. The molecule has 0 aromatic rings. The molecule has 0 N–H and O–H groups in total. The molecule has 0 amide bonds. The molecule has 4 heteroatoms. The first-order valence-corrected chi connectivity index (χ1v) is 6.30. The van der Waals surface area contributed by atoms with E-state index in [4.69, 9.17) is 16.3 Å². The largest absolute Gasteiger partial charge is 0.377 e. The highest BCUT2D eigenvalue weighted by molar-refractivity contribution is 6.17. The van der Waals surface area contributed by atoms with Gasteiger partial charge in [-0.05, 0) is 26.9 Å². The van der Waals surface area contributed by atoms with Crippen molar-refractivity contribution in [2.24, 2.45) is 0 Å². The molecule has 15 heavy (non-hydrogen) atoms. The van der Waals surface area contributed by atoms with Crippen molar-refractivity contribution < 1.29 is 4.74 Å². The molecule has 0 atom stereocenters. The SMILES string of the molecule is CN(C)CCN1CCC(OCCCl)CC1. The maximum absolute atomic E-state index is 5.64. The van der Waals surface area contributed by atoms with Gasteiger partial charge in [-0.3, -0.25) is 0 Å². The van der Waals surface area contributed by atoms with Crippen LogP contribution < -0.4 is 0 Å². The Hall–Kier alpha value is 0.170. The molecule has 0 saturated carbocycles. The standard InChI is InChI=1S/C11H23ClN2O/c1-13(2)8-9-14-6-3-11(4-7-14)15-10-5-12/h11H,3-10H2,1-2H3. The lowest BCUT2D eigenvalue weighted by molar-refractivity contribution is 0.0142. The van der Waals surface area contributed by atoms with Gasteiger partial charge in [0.25, 0.3) is 0 Å². The lowest BCUT2D eigenvalue weighted by atomic mass is 10.1. The number of alkyl halides is 1. The number of nitrogens with zero attached hydrogens (tertiary/aromatic N) is 2. The van der Waals surface area contributed by atoms with Crippen molar-refractivity contribution in [2.45, 2.75) is 18.9 Å². The van der Waals surface area contributed by atoms with Gasteiger partial charge in [0.05, 0.1) is 12.7 Å². The number of hydrogen-bond acceptors (Lipinski definition) is 3. The Bertz CT molecular complexity index is 159. The van der Waals surface area contributed by atoms with Crippen LogP contribution in [0.5, 0.6) is 0 Å². The van der Waals surface area contributed by atoms with E-state index in [0.717, 1.165) is 19.4 Å². The van der Waals surface area contributed by atoms with Crippen LogP contribution in [0.2, 0.25) is 0 Å². The maximum Gasteiger partial charge on any atom is 0.0605 e. The number of hydrogen-bond donors (Lipinski definition) is 0. The van der Waals surface area contributed by atoms with Crippen molar-refractivity contribution in [2.75, 3.05) is 52.8 Å². The van der Waals surface area contributed by atoms with Gasteiger partial charge in [0.2, 0.25) is 0 Å². The van der Waals surface area contributed by atoms with Gasteiger partial charge in [0, 0.05) is 32.1 Å². The minimum absolute atomic E-state index is 0.444. The van der Waals surface area contributed by atoms with Gasteiger partial charge in [0.1, 0.15) is 0 Å². The van der Waals surface area contributed by atoms with E-state index in [2.05, 4.69) is 23.9 Å². The summed E-state index contributed by atoms with van der Waals surface area (Å²) in [6, 6.07) is 0. The molecule has 0 aromatic heterocycles. The summed E-state index contributed by atoms with van der Waals surface area (Å²) in [5.74, 6) is 0.612. The predicted molar refractivity (Wildman–Crippen MR) is 64.7 cm³/mol. The first kappa shape index (κ1) is 13.2. The van der Waals surface area contributed by atoms with Crippen LogP contribution in [-0.2, 0) is 4.74 Å². The summed E-state index contributed by atoms with van der Waals surface area (Å²) in [5, 5.41) is 0. The molecule has 1 aliphatic rings. The highest BCUT2D eigenvalue weighted by atomic mass is 35.5. The molecule has 1 heterocycles. The molecule has 1 fully saturated rings. The first-order chi connectivity index (χ1) is 7.22. The lowest BCUT2D eigenvalue weighted by Gasteiger charge is -2.32. The molecule has 1 rings (SSSR count). The second-order valence-corrected chi connectivity index (χ2v) is 4.78. The summed E-state index contributed by atoms with van der Waals surface area (Å²) in [7, 11) is 4.24. The molecule has 0 unspecified atom stereocenters. The Morgan fingerprint density at radius 2 is 2.00 bits per heavy atom. The van der Waals surface area contributed by atoms with Crippen LogP contribution in [0.15, 0.2) is 0 Å². The number of piperidine rings is 1. The number of likely N-dealkylation sites (tertiary alicyclic amines) is 1. The van der Waals surface area contributed by atoms with Crippen LogP contribution in [0.1, 0.15) is 12.8 Å². The van der Waals surface area contributed by atoms with Crippen molar-refractivity contribution in [3.63, 3.8) is 0 Å². The third-order valence-electron chi connectivity index (χ3n) is 2.83. The molecule has 0 aromatic carbocycles. The number of likely N-dealkylation sites (N-methyl/N-ethyl adjacent to an activating group) is 1. The topological polar surface area (TPSA) is 15.7 Å². The third kappa shape index (κ3) is 5.71. The second kappa shape index (κ2) is 7.44. The fourth-order valence-electron chi connectivity index (χ4n) is 1.85. The molecule has 0 spiro atoms. The zero-order valence-corrected chi connectivity index (χ0v) is 10.7. The third-order valence-corrected chi connectivity index (χ3v) is 2.98. The highest BCUT2D eigenvalue weighted by Crippen LogP contribution is 2.13. The minimum atomic E-state index is 0.444. The fraction of sp³-hybridized carbons (Fsp3) is 1.00. The molecular weight excluding hydrogens is 212 g/mol. The van der Waals surface area contributed by atoms with Gasteiger partial charge in [-0.15, -0.1) is 11.6 Å². The second-order valence-electron chi connectivity index (χ2n) is 4.40. The van der Waals surface area contributed by atoms with E-state index in [1.807, 2.05) is 0 Å². The van der Waals surface area contributed by atoms with Gasteiger partial charge in [-0.1, -0.05) is 0 Å². The van der Waals surface area contributed by atoms with Gasteiger partial charge in [-0.25, -0.2) is 0 Å². The van der Waals surface area contributed by atoms with Crippen LogP contribution in [0.4, 0.5) is 0 Å². The van der Waals surface area contributed by atoms with Gasteiger partial charge < -0.3 is 14.5 Å². The monoisotopic (exact) mass is 234 g/mol. The Labute approximate surface area is 98.3 Å². The van der Waals surface area contributed by atoms with Crippen LogP contribution in [0, 0.1) is 0 Å². The summed E-state index contributed by atoms with van der Waals surface area (Å²) in [6.07, 6.45) is 2.76. The quantitative estimate of drug-likeness (QED) is 0.644. The Balaban J connectivity index is 2.07. The van der Waals surface area contributed by atoms with E-state index in [9.17, 15) is 0 Å². The molecule has 0 bridgehead atoms. The van der Waals surface area contributed by atoms with Crippen molar-refractivity contribution in [3.05, 3.63) is 0 Å². The minimum Gasteiger partial charge on any atom is -0.377 e. The molecule has 1 aliphatic heterocycles. The number of rotatable bonds is 6. The Kier molecular flexibility index (Phi) is 6.57. The Morgan fingerprint density at radius 1 is 1.33 bits per heavy atom. The molecule has 0 aliphatic carbocycles. The van der Waals surface area contributed by atoms with Crippen LogP contribution in [-0.4, -0.2) is 68.7 Å². The van der Waals surface area contributed by atoms with E-state index in [0.29, 0.717) is 18.6 Å². The van der Waals surface area contributed by atoms with E-state index in [1.165, 1.54) is 19.6 Å². The van der Waals surface area contributed by atoms with Gasteiger partial charge >= 0.3 is 0 Å². The van der Waals surface area contributed by atoms with E-state index in [1.54, 1.807) is 0 Å². The summed E-state index contributed by atoms with van der Waals surface area (Å²) in [6.45, 7) is 5.36. The zero-order chi connectivity index (χ0) is 11.1. The summed E-state index contributed by atoms with van der Waals surface area (Å²) in [4.78, 5) is 4.75. The smallest absolute Gasteiger partial charge is 0.0605 e. The van der Waals surface area contributed by atoms with Crippen molar-refractivity contribution >= 4 is 11.6 Å².